The minimum absolute atomic E-state index is 0.00332. The van der Waals surface area contributed by atoms with Crippen molar-refractivity contribution in [1.82, 2.24) is 60.0 Å². The highest BCUT2D eigenvalue weighted by molar-refractivity contribution is 6.01. The second-order valence-electron chi connectivity index (χ2n) is 32.5. The SMILES string of the molecule is CC[C@H](C)[C@@H]1NC(=O)[C@H](CC(C)C)N(C)C(=O)C[C@@H](C(=O)N(C)C)N(C)C(=O)[C@H](C2CCCC2)N(C)C(=O)C2(CCCC2)NC(=O)[C@@H]2C[C@H](C)CN2C(=O)[C@H](CCC2CC(F)C(C(F)(F)F)C(F)C2)NC(=O)CN(C)C(=O)[C@H](CC2CCC(C(F)(F)F)CC2)N2CC/C=C\C[C@@H](C2=O)N(C)C(=O)CN(C)C1=O. The first-order chi connectivity index (χ1) is 50.0. The van der Waals surface area contributed by atoms with Gasteiger partial charge in [-0.15, -0.1) is 0 Å². The van der Waals surface area contributed by atoms with Crippen LogP contribution in [0.4, 0.5) is 35.1 Å². The second kappa shape index (κ2) is 37.0. The van der Waals surface area contributed by atoms with Crippen LogP contribution in [0.15, 0.2) is 12.2 Å². The molecular formula is C75H116F8N12O12. The predicted octanol–water partition coefficient (Wildman–Crippen LogP) is 6.97. The summed E-state index contributed by atoms with van der Waals surface area (Å²) in [5, 5.41) is 8.50. The number of carbonyl (C=O) groups excluding carboxylic acids is 12. The van der Waals surface area contributed by atoms with Gasteiger partial charge in [0.2, 0.25) is 70.9 Å². The Balaban J connectivity index is 1.32. The van der Waals surface area contributed by atoms with Gasteiger partial charge in [-0.3, -0.25) is 57.5 Å². The van der Waals surface area contributed by atoms with Gasteiger partial charge < -0.3 is 60.0 Å². The minimum atomic E-state index is -5.20. The zero-order valence-electron chi connectivity index (χ0n) is 64.6. The Labute approximate surface area is 624 Å². The van der Waals surface area contributed by atoms with Crippen LogP contribution in [-0.2, 0) is 57.5 Å². The second-order valence-corrected chi connectivity index (χ2v) is 32.5. The van der Waals surface area contributed by atoms with Gasteiger partial charge in [-0.1, -0.05) is 78.9 Å². The Morgan fingerprint density at radius 2 is 1.23 bits per heavy atom. The number of rotatable bonds is 11. The fourth-order valence-electron chi connectivity index (χ4n) is 17.3. The molecule has 0 aromatic heterocycles. The lowest BCUT2D eigenvalue weighted by Gasteiger charge is -2.42. The Morgan fingerprint density at radius 1 is 0.626 bits per heavy atom. The molecule has 6 fully saturated rings. The number of fused-ring (bicyclic) bond motifs is 3. The van der Waals surface area contributed by atoms with E-state index < -0.39 is 230 Å². The molecule has 7 rings (SSSR count). The maximum absolute atomic E-state index is 15.6. The molecule has 2 unspecified atom stereocenters. The van der Waals surface area contributed by atoms with Crippen LogP contribution in [0.2, 0.25) is 0 Å². The summed E-state index contributed by atoms with van der Waals surface area (Å²) in [5.41, 5.74) is -1.68. The molecular weight excluding hydrogens is 1410 g/mol. The monoisotopic (exact) mass is 1530 g/mol. The fraction of sp³-hybridized carbons (Fsp3) is 0.813. The molecule has 2 bridgehead atoms. The number of nitrogens with one attached hydrogen (secondary N) is 3. The molecule has 3 heterocycles. The van der Waals surface area contributed by atoms with Crippen molar-refractivity contribution in [3.8, 4) is 0 Å². The molecule has 2 saturated heterocycles. The Morgan fingerprint density at radius 3 is 1.80 bits per heavy atom. The summed E-state index contributed by atoms with van der Waals surface area (Å²) in [7, 11) is 10.9. The highest BCUT2D eigenvalue weighted by atomic mass is 19.4. The highest BCUT2D eigenvalue weighted by Crippen LogP contribution is 2.46. The summed E-state index contributed by atoms with van der Waals surface area (Å²) in [4.78, 5) is 191. The van der Waals surface area contributed by atoms with Crippen LogP contribution in [0.3, 0.4) is 0 Å². The maximum atomic E-state index is 15.6. The Hall–Kier alpha value is -7.18. The predicted molar refractivity (Wildman–Crippen MR) is 379 cm³/mol. The number of halogens is 8. The molecule has 12 atom stereocenters. The average Bonchev–Trinajstić information content (AvgIpc) is 1.71. The van der Waals surface area contributed by atoms with Crippen molar-refractivity contribution >= 4 is 70.9 Å². The van der Waals surface area contributed by atoms with E-state index in [0.717, 1.165) is 19.6 Å². The largest absolute Gasteiger partial charge is 0.397 e. The number of nitrogens with zero attached hydrogens (tertiary/aromatic N) is 9. The lowest BCUT2D eigenvalue weighted by Crippen LogP contribution is -2.65. The van der Waals surface area contributed by atoms with Gasteiger partial charge in [0.05, 0.1) is 25.4 Å². The van der Waals surface area contributed by atoms with E-state index in [1.54, 1.807) is 32.9 Å². The van der Waals surface area contributed by atoms with E-state index in [2.05, 4.69) is 16.0 Å². The summed E-state index contributed by atoms with van der Waals surface area (Å²) < 4.78 is 115. The molecule has 3 aliphatic heterocycles. The lowest BCUT2D eigenvalue weighted by atomic mass is 9.76. The van der Waals surface area contributed by atoms with Crippen LogP contribution in [-0.4, -0.2) is 276 Å². The molecule has 3 N–H and O–H groups in total. The van der Waals surface area contributed by atoms with Crippen LogP contribution < -0.4 is 16.0 Å². The first-order valence-electron chi connectivity index (χ1n) is 38.4. The first kappa shape index (κ1) is 87.1. The quantitative estimate of drug-likeness (QED) is 0.140. The summed E-state index contributed by atoms with van der Waals surface area (Å²) in [6, 6.07) is -11.2. The maximum Gasteiger partial charge on any atom is 0.397 e. The van der Waals surface area contributed by atoms with E-state index in [4.69, 9.17) is 0 Å². The van der Waals surface area contributed by atoms with Crippen LogP contribution in [0.25, 0.3) is 0 Å². The zero-order valence-corrected chi connectivity index (χ0v) is 64.6. The summed E-state index contributed by atoms with van der Waals surface area (Å²) >= 11 is 0. The number of likely N-dealkylation sites (N-methyl/N-ethyl adjacent to an activating group) is 7. The van der Waals surface area contributed by atoms with Crippen molar-refractivity contribution in [2.75, 3.05) is 82.6 Å². The van der Waals surface area contributed by atoms with Gasteiger partial charge in [0.1, 0.15) is 72.1 Å². The standard InChI is InChI=1S/C75H116F8N12O12/c1-14-45(5)62-70(105)89(9)42-60(98)90(10)53-24-16-15-21-33-94(69(53)104)57(38-46-25-28-49(29-26-46)74(78,79)80)68(103)88(8)41-58(96)84-52(30-27-47-36-50(76)61(51(77)37-47)75(81,82)83)66(101)95-40-44(4)35-55(95)65(100)86-73(31-19-20-32-73)72(107)93(13)63(48-22-17-18-23-48)71(106)92(12)56(67(102)87(6)7)39-59(97)91(11)54(34-43(2)3)64(99)85-62/h15-16,43-57,61-63H,14,17-42H2,1-13H3,(H,84,96)(H,85,99)(H,86,100)/b16-15-/t44-,45-,46?,47?,49?,50?,51?,52-,53-,54-,55-,56-,57-,61?,62-,63-/m0/s1. The van der Waals surface area contributed by atoms with E-state index in [0.29, 0.717) is 44.9 Å². The molecule has 107 heavy (non-hydrogen) atoms. The molecule has 7 aliphatic rings. The topological polar surface area (TPSA) is 270 Å². The van der Waals surface area contributed by atoms with Gasteiger partial charge in [0.25, 0.3) is 0 Å². The first-order valence-corrected chi connectivity index (χ1v) is 38.4. The Bertz CT molecular complexity index is 3200. The molecule has 32 heteroatoms. The van der Waals surface area contributed by atoms with Crippen molar-refractivity contribution in [1.29, 1.82) is 0 Å². The van der Waals surface area contributed by atoms with Crippen LogP contribution in [0, 0.1) is 47.3 Å². The number of hydrogen-bond donors (Lipinski definition) is 3. The van der Waals surface area contributed by atoms with Crippen molar-refractivity contribution in [3.63, 3.8) is 0 Å². The average molecular weight is 1530 g/mol. The lowest BCUT2D eigenvalue weighted by molar-refractivity contribution is -0.219. The molecule has 604 valence electrons. The number of hydrogen-bond acceptors (Lipinski definition) is 12. The highest BCUT2D eigenvalue weighted by Gasteiger charge is 2.56. The van der Waals surface area contributed by atoms with Crippen LogP contribution in [0.5, 0.6) is 0 Å². The third-order valence-corrected chi connectivity index (χ3v) is 24.0. The minimum Gasteiger partial charge on any atom is -0.347 e. The summed E-state index contributed by atoms with van der Waals surface area (Å²) in [5.74, 6) is -17.1. The van der Waals surface area contributed by atoms with E-state index >= 15 is 37.5 Å². The van der Waals surface area contributed by atoms with E-state index in [1.165, 1.54) is 80.9 Å². The normalized spacial score (nSPS) is 32.3. The molecule has 12 amide bonds. The molecule has 0 aromatic rings. The number of amides is 12. The third-order valence-electron chi connectivity index (χ3n) is 24.0. The molecule has 24 nitrogen and oxygen atoms in total. The van der Waals surface area contributed by atoms with Crippen molar-refractivity contribution in [2.45, 2.75) is 261 Å². The van der Waals surface area contributed by atoms with Crippen LogP contribution >= 0.6 is 0 Å². The molecule has 4 aliphatic carbocycles. The Kier molecular flexibility index (Phi) is 30.1. The third kappa shape index (κ3) is 21.2. The van der Waals surface area contributed by atoms with Gasteiger partial charge in [0, 0.05) is 69.5 Å². The van der Waals surface area contributed by atoms with Gasteiger partial charge in [-0.25, -0.2) is 8.78 Å². The number of alkyl halides is 8. The van der Waals surface area contributed by atoms with Crippen molar-refractivity contribution in [3.05, 3.63) is 12.2 Å². The van der Waals surface area contributed by atoms with E-state index in [1.807, 2.05) is 13.8 Å². The molecule has 1 spiro atoms. The van der Waals surface area contributed by atoms with Gasteiger partial charge in [-0.2, -0.15) is 26.3 Å². The van der Waals surface area contributed by atoms with Gasteiger partial charge in [0.15, 0.2) is 0 Å². The summed E-state index contributed by atoms with van der Waals surface area (Å²) in [6.07, 6.45) is -11.4. The van der Waals surface area contributed by atoms with E-state index in [9.17, 15) is 55.1 Å². The molecule has 0 aromatic carbocycles. The zero-order chi connectivity index (χ0) is 79.6. The molecule has 0 radical (unpaired) electrons. The van der Waals surface area contributed by atoms with Crippen molar-refractivity contribution in [2.24, 2.45) is 47.3 Å². The summed E-state index contributed by atoms with van der Waals surface area (Å²) in [6.45, 7) is 7.10. The smallest absolute Gasteiger partial charge is 0.347 e. The van der Waals surface area contributed by atoms with Crippen molar-refractivity contribution < 1.29 is 92.7 Å². The van der Waals surface area contributed by atoms with E-state index in [-0.39, 0.29) is 96.1 Å². The fourth-order valence-corrected chi connectivity index (χ4v) is 17.3. The van der Waals surface area contributed by atoms with Gasteiger partial charge in [-0.05, 0) is 145 Å². The number of carbonyl (C=O) groups is 12. The van der Waals surface area contributed by atoms with Gasteiger partial charge >= 0.3 is 12.4 Å². The molecule has 4 saturated carbocycles. The van der Waals surface area contributed by atoms with Crippen LogP contribution in [0.1, 0.15) is 182 Å².